The first-order chi connectivity index (χ1) is 8.24. The van der Waals surface area contributed by atoms with Crippen molar-refractivity contribution in [1.82, 2.24) is 9.80 Å². The molecule has 2 saturated heterocycles. The van der Waals surface area contributed by atoms with Crippen LogP contribution in [0, 0.1) is 0 Å². The number of piperazine rings is 1. The Labute approximate surface area is 112 Å². The van der Waals surface area contributed by atoms with E-state index in [2.05, 4.69) is 57.0 Å². The molecule has 2 nitrogen and oxygen atoms in total. The molecule has 3 rings (SSSR count). The molecular formula is C14H19BrN2. The van der Waals surface area contributed by atoms with E-state index >= 15 is 0 Å². The monoisotopic (exact) mass is 294 g/mol. The van der Waals surface area contributed by atoms with Gasteiger partial charge in [-0.25, -0.2) is 0 Å². The molecule has 0 saturated carbocycles. The first kappa shape index (κ1) is 11.7. The standard InChI is InChI=1S/C14H19BrN2/c1-16-9-13-8-12(16)10-17(13)7-6-11-4-2-3-5-14(11)15/h2-5,12-13H,6-10H2,1H3. The Morgan fingerprint density at radius 1 is 1.24 bits per heavy atom. The van der Waals surface area contributed by atoms with E-state index in [9.17, 15) is 0 Å². The zero-order valence-corrected chi connectivity index (χ0v) is 11.9. The molecule has 2 aliphatic heterocycles. The van der Waals surface area contributed by atoms with E-state index in [1.165, 1.54) is 36.1 Å². The Kier molecular flexibility index (Phi) is 3.24. The number of fused-ring (bicyclic) bond motifs is 2. The van der Waals surface area contributed by atoms with Crippen molar-refractivity contribution in [3.05, 3.63) is 34.3 Å². The van der Waals surface area contributed by atoms with Gasteiger partial charge in [0, 0.05) is 36.2 Å². The van der Waals surface area contributed by atoms with Gasteiger partial charge in [0.15, 0.2) is 0 Å². The van der Waals surface area contributed by atoms with E-state index in [0.29, 0.717) is 0 Å². The van der Waals surface area contributed by atoms with Crippen LogP contribution in [0.15, 0.2) is 28.7 Å². The van der Waals surface area contributed by atoms with E-state index in [1.807, 2.05) is 0 Å². The summed E-state index contributed by atoms with van der Waals surface area (Å²) < 4.78 is 1.25. The van der Waals surface area contributed by atoms with E-state index in [1.54, 1.807) is 0 Å². The van der Waals surface area contributed by atoms with Crippen LogP contribution in [0.2, 0.25) is 0 Å². The summed E-state index contributed by atoms with van der Waals surface area (Å²) in [6.45, 7) is 3.74. The highest BCUT2D eigenvalue weighted by molar-refractivity contribution is 9.10. The molecule has 2 atom stereocenters. The Morgan fingerprint density at radius 2 is 2.06 bits per heavy atom. The Balaban J connectivity index is 1.58. The van der Waals surface area contributed by atoms with Crippen molar-refractivity contribution in [3.8, 4) is 0 Å². The zero-order valence-electron chi connectivity index (χ0n) is 10.3. The summed E-state index contributed by atoms with van der Waals surface area (Å²) in [5, 5.41) is 0. The average Bonchev–Trinajstić information content (AvgIpc) is 2.86. The number of halogens is 1. The van der Waals surface area contributed by atoms with Crippen molar-refractivity contribution in [2.75, 3.05) is 26.7 Å². The van der Waals surface area contributed by atoms with E-state index < -0.39 is 0 Å². The maximum Gasteiger partial charge on any atom is 0.0239 e. The van der Waals surface area contributed by atoms with Gasteiger partial charge in [-0.05, 0) is 31.5 Å². The summed E-state index contributed by atoms with van der Waals surface area (Å²) in [6, 6.07) is 10.2. The minimum absolute atomic E-state index is 0.812. The summed E-state index contributed by atoms with van der Waals surface area (Å²) in [5.41, 5.74) is 1.43. The van der Waals surface area contributed by atoms with Gasteiger partial charge in [-0.1, -0.05) is 34.1 Å². The molecule has 0 aliphatic carbocycles. The zero-order chi connectivity index (χ0) is 11.8. The fraction of sp³-hybridized carbons (Fsp3) is 0.571. The summed E-state index contributed by atoms with van der Waals surface area (Å²) >= 11 is 3.63. The van der Waals surface area contributed by atoms with E-state index in [-0.39, 0.29) is 0 Å². The van der Waals surface area contributed by atoms with Crippen LogP contribution in [-0.4, -0.2) is 48.6 Å². The largest absolute Gasteiger partial charge is 0.301 e. The van der Waals surface area contributed by atoms with Crippen LogP contribution in [0.3, 0.4) is 0 Å². The van der Waals surface area contributed by atoms with E-state index in [0.717, 1.165) is 18.5 Å². The maximum absolute atomic E-state index is 3.63. The number of hydrogen-bond donors (Lipinski definition) is 0. The van der Waals surface area contributed by atoms with Crippen LogP contribution in [0.4, 0.5) is 0 Å². The lowest BCUT2D eigenvalue weighted by molar-refractivity contribution is 0.151. The van der Waals surface area contributed by atoms with Crippen LogP contribution in [-0.2, 0) is 6.42 Å². The fourth-order valence-corrected chi connectivity index (χ4v) is 3.67. The maximum atomic E-state index is 3.63. The topological polar surface area (TPSA) is 6.48 Å². The average molecular weight is 295 g/mol. The second-order valence-electron chi connectivity index (χ2n) is 5.32. The second-order valence-corrected chi connectivity index (χ2v) is 6.17. The quantitative estimate of drug-likeness (QED) is 0.845. The number of likely N-dealkylation sites (N-methyl/N-ethyl adjacent to an activating group) is 1. The lowest BCUT2D eigenvalue weighted by atomic mass is 10.1. The van der Waals surface area contributed by atoms with Gasteiger partial charge in [-0.3, -0.25) is 4.90 Å². The van der Waals surface area contributed by atoms with Gasteiger partial charge in [-0.2, -0.15) is 0 Å². The van der Waals surface area contributed by atoms with Crippen LogP contribution in [0.1, 0.15) is 12.0 Å². The molecule has 2 aliphatic rings. The molecule has 2 fully saturated rings. The molecule has 17 heavy (non-hydrogen) atoms. The van der Waals surface area contributed by atoms with Crippen molar-refractivity contribution in [1.29, 1.82) is 0 Å². The van der Waals surface area contributed by atoms with Crippen LogP contribution in [0.25, 0.3) is 0 Å². The van der Waals surface area contributed by atoms with Gasteiger partial charge in [0.1, 0.15) is 0 Å². The predicted molar refractivity (Wildman–Crippen MR) is 74.2 cm³/mol. The lowest BCUT2D eigenvalue weighted by Gasteiger charge is -2.31. The molecule has 3 heteroatoms. The smallest absolute Gasteiger partial charge is 0.0239 e. The highest BCUT2D eigenvalue weighted by Crippen LogP contribution is 2.29. The molecule has 0 aromatic heterocycles. The second kappa shape index (κ2) is 4.71. The lowest BCUT2D eigenvalue weighted by Crippen LogP contribution is -2.45. The summed E-state index contributed by atoms with van der Waals surface area (Å²) in [6.07, 6.45) is 2.54. The molecule has 92 valence electrons. The number of hydrogen-bond acceptors (Lipinski definition) is 2. The summed E-state index contributed by atoms with van der Waals surface area (Å²) in [4.78, 5) is 5.18. The molecule has 0 N–H and O–H groups in total. The molecule has 2 unspecified atom stereocenters. The highest BCUT2D eigenvalue weighted by atomic mass is 79.9. The molecule has 0 spiro atoms. The van der Waals surface area contributed by atoms with Gasteiger partial charge >= 0.3 is 0 Å². The number of likely N-dealkylation sites (tertiary alicyclic amines) is 2. The van der Waals surface area contributed by atoms with Crippen molar-refractivity contribution in [2.45, 2.75) is 24.9 Å². The SMILES string of the molecule is CN1CC2CC1CN2CCc1ccccc1Br. The van der Waals surface area contributed by atoms with Crippen LogP contribution in [0.5, 0.6) is 0 Å². The number of benzene rings is 1. The van der Waals surface area contributed by atoms with Crippen molar-refractivity contribution in [2.24, 2.45) is 0 Å². The first-order valence-electron chi connectivity index (χ1n) is 6.42. The normalized spacial score (nSPS) is 29.1. The van der Waals surface area contributed by atoms with Gasteiger partial charge in [-0.15, -0.1) is 0 Å². The Morgan fingerprint density at radius 3 is 2.71 bits per heavy atom. The Bertz CT molecular complexity index is 405. The van der Waals surface area contributed by atoms with Gasteiger partial charge in [0.05, 0.1) is 0 Å². The van der Waals surface area contributed by atoms with E-state index in [4.69, 9.17) is 0 Å². The Hall–Kier alpha value is -0.380. The van der Waals surface area contributed by atoms with Crippen LogP contribution < -0.4 is 0 Å². The molecule has 0 amide bonds. The fourth-order valence-electron chi connectivity index (χ4n) is 3.19. The summed E-state index contributed by atoms with van der Waals surface area (Å²) in [5.74, 6) is 0. The predicted octanol–water partition coefficient (Wildman–Crippen LogP) is 2.38. The van der Waals surface area contributed by atoms with Gasteiger partial charge < -0.3 is 4.90 Å². The third-order valence-electron chi connectivity index (χ3n) is 4.25. The third-order valence-corrected chi connectivity index (χ3v) is 5.03. The summed E-state index contributed by atoms with van der Waals surface area (Å²) in [7, 11) is 2.26. The minimum Gasteiger partial charge on any atom is -0.301 e. The molecular weight excluding hydrogens is 276 g/mol. The molecule has 1 aromatic rings. The first-order valence-corrected chi connectivity index (χ1v) is 7.21. The number of rotatable bonds is 3. The van der Waals surface area contributed by atoms with Crippen molar-refractivity contribution in [3.63, 3.8) is 0 Å². The molecule has 1 aromatic carbocycles. The molecule has 2 bridgehead atoms. The minimum atomic E-state index is 0.812. The van der Waals surface area contributed by atoms with Crippen molar-refractivity contribution >= 4 is 15.9 Å². The van der Waals surface area contributed by atoms with Crippen molar-refractivity contribution < 1.29 is 0 Å². The molecule has 0 radical (unpaired) electrons. The highest BCUT2D eigenvalue weighted by Gasteiger charge is 2.40. The third kappa shape index (κ3) is 2.28. The number of nitrogens with zero attached hydrogens (tertiary/aromatic N) is 2. The van der Waals surface area contributed by atoms with Gasteiger partial charge in [0.2, 0.25) is 0 Å². The van der Waals surface area contributed by atoms with Crippen LogP contribution >= 0.6 is 15.9 Å². The van der Waals surface area contributed by atoms with Gasteiger partial charge in [0.25, 0.3) is 0 Å². The molecule has 2 heterocycles.